The van der Waals surface area contributed by atoms with Gasteiger partial charge in [-0.15, -0.1) is 0 Å². The van der Waals surface area contributed by atoms with Crippen LogP contribution in [0.3, 0.4) is 0 Å². The Bertz CT molecular complexity index is 776. The van der Waals surface area contributed by atoms with E-state index < -0.39 is 23.7 Å². The average molecular weight is 359 g/mol. The number of hydrogen-bond donors (Lipinski definition) is 2. The van der Waals surface area contributed by atoms with Crippen molar-refractivity contribution in [2.24, 2.45) is 0 Å². The summed E-state index contributed by atoms with van der Waals surface area (Å²) in [5, 5.41) is 20.2. The molecule has 6 heteroatoms. The zero-order valence-electron chi connectivity index (χ0n) is 15.3. The topological polar surface area (TPSA) is 87.1 Å². The van der Waals surface area contributed by atoms with Gasteiger partial charge in [-0.3, -0.25) is 4.90 Å². The highest BCUT2D eigenvalue weighted by Crippen LogP contribution is 2.23. The Labute approximate surface area is 153 Å². The largest absolute Gasteiger partial charge is 0.507 e. The minimum atomic E-state index is -0.960. The molecule has 1 amide bonds. The minimum Gasteiger partial charge on any atom is -0.507 e. The van der Waals surface area contributed by atoms with E-state index in [4.69, 9.17) is 9.84 Å². The first-order chi connectivity index (χ1) is 12.2. The predicted molar refractivity (Wildman–Crippen MR) is 99.2 cm³/mol. The molecule has 2 N–H and O–H groups in total. The van der Waals surface area contributed by atoms with E-state index in [2.05, 4.69) is 0 Å². The number of aliphatic carboxylic acids is 1. The standard InChI is InChI=1S/C10H17NO4.C10H8O/c1-10(2,3)15-9(14)11-6-4-5-7(11)8(12)13;11-10-7-3-5-8-4-1-2-6-9(8)10/h7H,4-6H2,1-3H3,(H,12,13);1-7,11H. The molecule has 1 fully saturated rings. The zero-order chi connectivity index (χ0) is 19.3. The highest BCUT2D eigenvalue weighted by atomic mass is 16.6. The Morgan fingerprint density at radius 1 is 1.12 bits per heavy atom. The molecule has 1 unspecified atom stereocenters. The highest BCUT2D eigenvalue weighted by Gasteiger charge is 2.36. The molecule has 26 heavy (non-hydrogen) atoms. The summed E-state index contributed by atoms with van der Waals surface area (Å²) < 4.78 is 5.13. The first kappa shape index (κ1) is 19.6. The van der Waals surface area contributed by atoms with E-state index in [1.54, 1.807) is 26.8 Å². The van der Waals surface area contributed by atoms with Crippen molar-refractivity contribution in [2.75, 3.05) is 6.54 Å². The van der Waals surface area contributed by atoms with Gasteiger partial charge in [0.2, 0.25) is 0 Å². The molecule has 2 aromatic rings. The van der Waals surface area contributed by atoms with E-state index in [0.29, 0.717) is 18.7 Å². The molecule has 0 bridgehead atoms. The van der Waals surface area contributed by atoms with Gasteiger partial charge in [0, 0.05) is 11.9 Å². The number of hydrogen-bond acceptors (Lipinski definition) is 4. The van der Waals surface area contributed by atoms with E-state index >= 15 is 0 Å². The summed E-state index contributed by atoms with van der Waals surface area (Å²) in [6.45, 7) is 5.75. The molecule has 1 saturated heterocycles. The van der Waals surface area contributed by atoms with E-state index in [0.717, 1.165) is 17.2 Å². The lowest BCUT2D eigenvalue weighted by molar-refractivity contribution is -0.142. The molecule has 1 atom stereocenters. The second-order valence-electron chi connectivity index (χ2n) is 7.17. The number of carbonyl (C=O) groups is 2. The second kappa shape index (κ2) is 8.08. The molecule has 0 spiro atoms. The molecular formula is C20H25NO5. The summed E-state index contributed by atoms with van der Waals surface area (Å²) in [5.41, 5.74) is -0.581. The van der Waals surface area contributed by atoms with Gasteiger partial charge in [0.05, 0.1) is 0 Å². The summed E-state index contributed by atoms with van der Waals surface area (Å²) in [7, 11) is 0. The Balaban J connectivity index is 0.000000195. The highest BCUT2D eigenvalue weighted by molar-refractivity contribution is 5.87. The SMILES string of the molecule is CC(C)(C)OC(=O)N1CCCC1C(=O)O.Oc1cccc2ccccc12. The summed E-state index contributed by atoms with van der Waals surface area (Å²) >= 11 is 0. The molecule has 0 saturated carbocycles. The second-order valence-corrected chi connectivity index (χ2v) is 7.17. The van der Waals surface area contributed by atoms with E-state index in [9.17, 15) is 14.7 Å². The molecule has 3 rings (SSSR count). The maximum Gasteiger partial charge on any atom is 0.411 e. The van der Waals surface area contributed by atoms with Crippen molar-refractivity contribution in [3.63, 3.8) is 0 Å². The van der Waals surface area contributed by atoms with Crippen LogP contribution >= 0.6 is 0 Å². The summed E-state index contributed by atoms with van der Waals surface area (Å²) in [6, 6.07) is 12.6. The monoisotopic (exact) mass is 359 g/mol. The van der Waals surface area contributed by atoms with Gasteiger partial charge >= 0.3 is 12.1 Å². The van der Waals surface area contributed by atoms with E-state index in [1.807, 2.05) is 36.4 Å². The maximum absolute atomic E-state index is 11.6. The molecule has 1 heterocycles. The van der Waals surface area contributed by atoms with Crippen LogP contribution in [-0.2, 0) is 9.53 Å². The number of nitrogens with zero attached hydrogens (tertiary/aromatic N) is 1. The Morgan fingerprint density at radius 2 is 1.77 bits per heavy atom. The van der Waals surface area contributed by atoms with Gasteiger partial charge in [0.25, 0.3) is 0 Å². The van der Waals surface area contributed by atoms with Crippen molar-refractivity contribution < 1.29 is 24.5 Å². The molecule has 0 aromatic heterocycles. The lowest BCUT2D eigenvalue weighted by Crippen LogP contribution is -2.43. The van der Waals surface area contributed by atoms with Crippen molar-refractivity contribution in [1.29, 1.82) is 0 Å². The minimum absolute atomic E-state index is 0.350. The third-order valence-corrected chi connectivity index (χ3v) is 3.93. The fraction of sp³-hybridized carbons (Fsp3) is 0.400. The normalized spacial score (nSPS) is 16.7. The van der Waals surface area contributed by atoms with Crippen molar-refractivity contribution in [3.05, 3.63) is 42.5 Å². The average Bonchev–Trinajstić information content (AvgIpc) is 3.04. The van der Waals surface area contributed by atoms with E-state index in [-0.39, 0.29) is 0 Å². The van der Waals surface area contributed by atoms with Crippen LogP contribution in [0.5, 0.6) is 5.75 Å². The lowest BCUT2D eigenvalue weighted by Gasteiger charge is -2.26. The fourth-order valence-corrected chi connectivity index (χ4v) is 2.77. The van der Waals surface area contributed by atoms with Crippen molar-refractivity contribution in [3.8, 4) is 5.75 Å². The Hall–Kier alpha value is -2.76. The van der Waals surface area contributed by atoms with Crippen LogP contribution in [-0.4, -0.2) is 45.4 Å². The maximum atomic E-state index is 11.6. The number of aromatic hydroxyl groups is 1. The van der Waals surface area contributed by atoms with Gasteiger partial charge in [-0.05, 0) is 45.1 Å². The number of carboxylic acids is 1. The van der Waals surface area contributed by atoms with Crippen LogP contribution in [0.2, 0.25) is 0 Å². The van der Waals surface area contributed by atoms with Crippen LogP contribution in [0.15, 0.2) is 42.5 Å². The third-order valence-electron chi connectivity index (χ3n) is 3.93. The summed E-state index contributed by atoms with van der Waals surface area (Å²) in [5.74, 6) is -0.610. The number of likely N-dealkylation sites (tertiary alicyclic amines) is 1. The van der Waals surface area contributed by atoms with Crippen LogP contribution < -0.4 is 0 Å². The van der Waals surface area contributed by atoms with Crippen LogP contribution in [0.1, 0.15) is 33.6 Å². The lowest BCUT2D eigenvalue weighted by atomic mass is 10.1. The molecule has 140 valence electrons. The van der Waals surface area contributed by atoms with Gasteiger partial charge < -0.3 is 14.9 Å². The predicted octanol–water partition coefficient (Wildman–Crippen LogP) is 4.02. The van der Waals surface area contributed by atoms with Gasteiger partial charge in [-0.2, -0.15) is 0 Å². The smallest absolute Gasteiger partial charge is 0.411 e. The Kier molecular flexibility index (Phi) is 6.08. The number of phenolic OH excluding ortho intramolecular Hbond substituents is 1. The Morgan fingerprint density at radius 3 is 2.38 bits per heavy atom. The molecule has 6 nitrogen and oxygen atoms in total. The van der Waals surface area contributed by atoms with Gasteiger partial charge in [-0.1, -0.05) is 36.4 Å². The molecule has 0 radical (unpaired) electrons. The van der Waals surface area contributed by atoms with Gasteiger partial charge in [0.15, 0.2) is 0 Å². The van der Waals surface area contributed by atoms with E-state index in [1.165, 1.54) is 4.90 Å². The van der Waals surface area contributed by atoms with Crippen LogP contribution in [0.4, 0.5) is 4.79 Å². The molecule has 0 aliphatic carbocycles. The number of benzene rings is 2. The third kappa shape index (κ3) is 5.12. The fourth-order valence-electron chi connectivity index (χ4n) is 2.77. The number of rotatable bonds is 1. The van der Waals surface area contributed by atoms with Crippen LogP contribution in [0.25, 0.3) is 10.8 Å². The zero-order valence-corrected chi connectivity index (χ0v) is 15.3. The van der Waals surface area contributed by atoms with Gasteiger partial charge in [0.1, 0.15) is 17.4 Å². The molecular weight excluding hydrogens is 334 g/mol. The van der Waals surface area contributed by atoms with Crippen molar-refractivity contribution in [2.45, 2.75) is 45.3 Å². The van der Waals surface area contributed by atoms with Crippen molar-refractivity contribution in [1.82, 2.24) is 4.90 Å². The molecule has 1 aliphatic heterocycles. The number of ether oxygens (including phenoxy) is 1. The summed E-state index contributed by atoms with van der Waals surface area (Å²) in [6.07, 6.45) is 0.692. The van der Waals surface area contributed by atoms with Crippen molar-refractivity contribution >= 4 is 22.8 Å². The number of carbonyl (C=O) groups excluding carboxylic acids is 1. The quantitative estimate of drug-likeness (QED) is 0.803. The summed E-state index contributed by atoms with van der Waals surface area (Å²) in [4.78, 5) is 23.7. The van der Waals surface area contributed by atoms with Gasteiger partial charge in [-0.25, -0.2) is 9.59 Å². The first-order valence-corrected chi connectivity index (χ1v) is 8.58. The number of phenols is 1. The number of fused-ring (bicyclic) bond motifs is 1. The first-order valence-electron chi connectivity index (χ1n) is 8.58. The number of carboxylic acid groups (broad SMARTS) is 1. The number of amides is 1. The molecule has 1 aliphatic rings. The molecule has 2 aromatic carbocycles. The van der Waals surface area contributed by atoms with Crippen LogP contribution in [0, 0.1) is 0 Å².